The van der Waals surface area contributed by atoms with Gasteiger partial charge in [-0.15, -0.1) is 0 Å². The van der Waals surface area contributed by atoms with E-state index in [2.05, 4.69) is 10.6 Å². The lowest BCUT2D eigenvalue weighted by Gasteiger charge is -2.30. The first-order valence-electron chi connectivity index (χ1n) is 16.8. The number of anilines is 1. The third-order valence-electron chi connectivity index (χ3n) is 9.47. The summed E-state index contributed by atoms with van der Waals surface area (Å²) in [6.45, 7) is 3.64. The van der Waals surface area contributed by atoms with Crippen molar-refractivity contribution in [2.24, 2.45) is 11.8 Å². The zero-order valence-electron chi connectivity index (χ0n) is 27.7. The molecule has 0 saturated heterocycles. The summed E-state index contributed by atoms with van der Waals surface area (Å²) in [6, 6.07) is 2.73. The van der Waals surface area contributed by atoms with Crippen LogP contribution in [0.15, 0.2) is 60.2 Å². The first-order chi connectivity index (χ1) is 22.5. The van der Waals surface area contributed by atoms with Gasteiger partial charge in [-0.25, -0.2) is 4.79 Å². The molecule has 2 fully saturated rings. The number of ether oxygens (including phenoxy) is 2. The van der Waals surface area contributed by atoms with Gasteiger partial charge in [0.15, 0.2) is 0 Å². The number of methoxy groups -OCH3 is 1. The molecule has 2 bridgehead atoms. The molecular formula is C37H50N2O8. The Morgan fingerprint density at radius 3 is 2.47 bits per heavy atom. The highest BCUT2D eigenvalue weighted by molar-refractivity contribution is 5.93. The van der Waals surface area contributed by atoms with Crippen LogP contribution in [0.25, 0.3) is 0 Å². The van der Waals surface area contributed by atoms with Gasteiger partial charge in [-0.1, -0.05) is 68.7 Å². The number of carbonyl (C=O) groups excluding carboxylic acids is 3. The second-order valence-electron chi connectivity index (χ2n) is 13.1. The van der Waals surface area contributed by atoms with Gasteiger partial charge in [0.05, 0.1) is 24.3 Å². The normalized spacial score (nSPS) is 29.1. The lowest BCUT2D eigenvalue weighted by atomic mass is 9.88. The molecule has 10 heteroatoms. The monoisotopic (exact) mass is 650 g/mol. The number of carbonyl (C=O) groups is 3. The number of esters is 1. The molecule has 3 aliphatic rings. The van der Waals surface area contributed by atoms with Crippen LogP contribution in [-0.4, -0.2) is 64.1 Å². The number of hydrogen-bond donors (Lipinski definition) is 5. The molecule has 47 heavy (non-hydrogen) atoms. The number of allylic oxidation sites excluding steroid dienone is 5. The number of hydrogen-bond acceptors (Lipinski definition) is 8. The van der Waals surface area contributed by atoms with Crippen molar-refractivity contribution < 1.29 is 39.2 Å². The molecule has 4 rings (SSSR count). The molecule has 0 aromatic heterocycles. The second-order valence-corrected chi connectivity index (χ2v) is 13.1. The Morgan fingerprint density at radius 1 is 1.04 bits per heavy atom. The van der Waals surface area contributed by atoms with Crippen LogP contribution >= 0.6 is 0 Å². The molecule has 2 saturated carbocycles. The van der Waals surface area contributed by atoms with E-state index in [-0.39, 0.29) is 35.4 Å². The quantitative estimate of drug-likeness (QED) is 0.121. The van der Waals surface area contributed by atoms with Gasteiger partial charge in [-0.3, -0.25) is 9.59 Å². The third-order valence-corrected chi connectivity index (χ3v) is 9.47. The lowest BCUT2D eigenvalue weighted by Crippen LogP contribution is -2.48. The number of rotatable bonds is 5. The Hall–Kier alpha value is -3.89. The molecule has 2 amide bonds. The van der Waals surface area contributed by atoms with Crippen molar-refractivity contribution in [3.05, 3.63) is 65.8 Å². The zero-order chi connectivity index (χ0) is 34.0. The van der Waals surface area contributed by atoms with Crippen molar-refractivity contribution in [3.8, 4) is 11.5 Å². The Kier molecular flexibility index (Phi) is 12.8. The smallest absolute Gasteiger partial charge is 0.332 e. The van der Waals surface area contributed by atoms with Crippen LogP contribution in [0.4, 0.5) is 5.69 Å². The number of aliphatic hydroxyl groups excluding tert-OH is 1. The molecule has 0 spiro atoms. The summed E-state index contributed by atoms with van der Waals surface area (Å²) in [5.41, 5.74) is 0.204. The summed E-state index contributed by atoms with van der Waals surface area (Å²) in [6.07, 6.45) is 17.5. The van der Waals surface area contributed by atoms with E-state index in [1.54, 1.807) is 31.2 Å². The number of amides is 2. The van der Waals surface area contributed by atoms with Crippen LogP contribution in [-0.2, 0) is 30.3 Å². The van der Waals surface area contributed by atoms with E-state index in [1.165, 1.54) is 19.2 Å². The van der Waals surface area contributed by atoms with E-state index in [0.29, 0.717) is 43.2 Å². The fraction of sp³-hybridized carbons (Fsp3) is 0.541. The topological polar surface area (TPSA) is 154 Å². The highest BCUT2D eigenvalue weighted by Crippen LogP contribution is 2.39. The molecule has 1 aromatic rings. The van der Waals surface area contributed by atoms with Crippen molar-refractivity contribution in [1.29, 1.82) is 0 Å². The SMILES string of the molecule is COC1/C=C/C=C/C=C/CC(OC(=O)C2(NC(=O)C3CCCCC3)CC2)C(C)C(O)/C(C)=C\CCc2cc(O)cc(c2O)NC(=O)C1. The molecule has 4 unspecified atom stereocenters. The number of benzene rings is 1. The van der Waals surface area contributed by atoms with E-state index < -0.39 is 41.6 Å². The minimum absolute atomic E-state index is 0.00549. The molecule has 1 heterocycles. The second kappa shape index (κ2) is 16.8. The summed E-state index contributed by atoms with van der Waals surface area (Å²) in [5.74, 6) is -1.71. The summed E-state index contributed by atoms with van der Waals surface area (Å²) in [5, 5.41) is 38.1. The fourth-order valence-electron chi connectivity index (χ4n) is 6.21. The number of phenols is 2. The molecule has 4 atom stereocenters. The van der Waals surface area contributed by atoms with Gasteiger partial charge < -0.3 is 35.4 Å². The average molecular weight is 651 g/mol. The molecule has 2 aliphatic carbocycles. The number of aliphatic hydroxyl groups is 1. The maximum atomic E-state index is 13.5. The highest BCUT2D eigenvalue weighted by Gasteiger charge is 2.54. The van der Waals surface area contributed by atoms with Gasteiger partial charge >= 0.3 is 5.97 Å². The van der Waals surface area contributed by atoms with E-state index in [4.69, 9.17) is 9.47 Å². The average Bonchev–Trinajstić information content (AvgIpc) is 3.84. The van der Waals surface area contributed by atoms with E-state index in [1.807, 2.05) is 25.2 Å². The summed E-state index contributed by atoms with van der Waals surface area (Å²) >= 11 is 0. The Morgan fingerprint density at radius 2 is 1.77 bits per heavy atom. The number of phenolic OH excluding ortho intramolecular Hbond substituents is 2. The van der Waals surface area contributed by atoms with Gasteiger partial charge in [0.2, 0.25) is 11.8 Å². The van der Waals surface area contributed by atoms with Crippen LogP contribution in [0, 0.1) is 11.8 Å². The van der Waals surface area contributed by atoms with Crippen molar-refractivity contribution in [2.75, 3.05) is 12.4 Å². The molecule has 5 N–H and O–H groups in total. The Labute approximate surface area is 277 Å². The van der Waals surface area contributed by atoms with Crippen LogP contribution in [0.5, 0.6) is 11.5 Å². The molecule has 1 aliphatic heterocycles. The first-order valence-corrected chi connectivity index (χ1v) is 16.8. The Balaban J connectivity index is 1.54. The number of fused-ring (bicyclic) bond motifs is 2. The van der Waals surface area contributed by atoms with E-state index in [0.717, 1.165) is 32.1 Å². The van der Waals surface area contributed by atoms with Crippen LogP contribution in [0.1, 0.15) is 83.6 Å². The van der Waals surface area contributed by atoms with Crippen molar-refractivity contribution in [2.45, 2.75) is 108 Å². The fourth-order valence-corrected chi connectivity index (χ4v) is 6.21. The minimum Gasteiger partial charge on any atom is -0.508 e. The maximum Gasteiger partial charge on any atom is 0.332 e. The van der Waals surface area contributed by atoms with Gasteiger partial charge in [-0.2, -0.15) is 0 Å². The first kappa shape index (κ1) is 36.0. The van der Waals surface area contributed by atoms with Crippen molar-refractivity contribution in [1.82, 2.24) is 5.32 Å². The van der Waals surface area contributed by atoms with Crippen LogP contribution < -0.4 is 10.6 Å². The Bertz CT molecular complexity index is 1390. The standard InChI is InChI=1S/C37H50N2O8/c1-24-13-12-16-27-21-28(40)22-30(34(27)43)38-32(41)23-29(46-3)17-10-5-4-6-11-18-31(25(2)33(24)42)47-36(45)37(19-20-37)39-35(44)26-14-8-7-9-15-26/h4-6,10-11,13,17,21-22,25-26,29,31,33,40,42-43H,7-9,12,14-16,18-20,23H2,1-3H3,(H,38,41)(H,39,44)/b5-4+,11-6+,17-10+,24-13-. The van der Waals surface area contributed by atoms with E-state index >= 15 is 0 Å². The van der Waals surface area contributed by atoms with Gasteiger partial charge in [0.1, 0.15) is 23.1 Å². The molecular weight excluding hydrogens is 600 g/mol. The number of aryl methyl sites for hydroxylation is 1. The van der Waals surface area contributed by atoms with Gasteiger partial charge in [-0.05, 0) is 62.7 Å². The largest absolute Gasteiger partial charge is 0.508 e. The van der Waals surface area contributed by atoms with Crippen LogP contribution in [0.3, 0.4) is 0 Å². The summed E-state index contributed by atoms with van der Waals surface area (Å²) < 4.78 is 11.5. The number of aromatic hydroxyl groups is 2. The molecule has 1 aromatic carbocycles. The predicted molar refractivity (Wildman–Crippen MR) is 180 cm³/mol. The molecule has 256 valence electrons. The van der Waals surface area contributed by atoms with Crippen LogP contribution in [0.2, 0.25) is 0 Å². The lowest BCUT2D eigenvalue weighted by molar-refractivity contribution is -0.158. The summed E-state index contributed by atoms with van der Waals surface area (Å²) in [4.78, 5) is 39.2. The molecule has 10 nitrogen and oxygen atoms in total. The van der Waals surface area contributed by atoms with E-state index in [9.17, 15) is 29.7 Å². The zero-order valence-corrected chi connectivity index (χ0v) is 27.7. The minimum atomic E-state index is -1.00. The van der Waals surface area contributed by atoms with Gasteiger partial charge in [0, 0.05) is 31.4 Å². The van der Waals surface area contributed by atoms with Crippen molar-refractivity contribution in [3.63, 3.8) is 0 Å². The maximum absolute atomic E-state index is 13.5. The molecule has 0 radical (unpaired) electrons. The van der Waals surface area contributed by atoms with Gasteiger partial charge in [0.25, 0.3) is 0 Å². The highest BCUT2D eigenvalue weighted by atomic mass is 16.5. The summed E-state index contributed by atoms with van der Waals surface area (Å²) in [7, 11) is 1.50. The predicted octanol–water partition coefficient (Wildman–Crippen LogP) is 5.53. The third kappa shape index (κ3) is 10.0. The van der Waals surface area contributed by atoms with Crippen molar-refractivity contribution >= 4 is 23.5 Å². The number of nitrogens with one attached hydrogen (secondary N) is 2.